The van der Waals surface area contributed by atoms with E-state index in [0.29, 0.717) is 17.8 Å². The maximum Gasteiger partial charge on any atom is 0.121 e. The van der Waals surface area contributed by atoms with Crippen LogP contribution in [0.1, 0.15) is 131 Å². The molecule has 3 rings (SSSR count). The zero-order chi connectivity index (χ0) is 35.4. The van der Waals surface area contributed by atoms with Gasteiger partial charge in [-0.05, 0) is 107 Å². The summed E-state index contributed by atoms with van der Waals surface area (Å²) >= 11 is 0. The van der Waals surface area contributed by atoms with E-state index >= 15 is 0 Å². The van der Waals surface area contributed by atoms with Crippen molar-refractivity contribution in [1.29, 1.82) is 0 Å². The van der Waals surface area contributed by atoms with Crippen molar-refractivity contribution >= 4 is 11.4 Å². The van der Waals surface area contributed by atoms with E-state index in [1.165, 1.54) is 22.5 Å². The second-order valence-corrected chi connectivity index (χ2v) is 18.3. The van der Waals surface area contributed by atoms with Crippen LogP contribution >= 0.6 is 0 Å². The van der Waals surface area contributed by atoms with Gasteiger partial charge in [0.05, 0.1) is 0 Å². The molecule has 0 aliphatic heterocycles. The van der Waals surface area contributed by atoms with Crippen LogP contribution in [-0.2, 0) is 23.7 Å². The van der Waals surface area contributed by atoms with Crippen LogP contribution in [0.5, 0.6) is 5.75 Å². The van der Waals surface area contributed by atoms with Crippen molar-refractivity contribution in [3.05, 3.63) is 89.0 Å². The maximum atomic E-state index is 11.4. The maximum absolute atomic E-state index is 11.4. The molecule has 3 aromatic carbocycles. The van der Waals surface area contributed by atoms with Crippen molar-refractivity contribution in [2.45, 2.75) is 145 Å². The van der Waals surface area contributed by atoms with Crippen LogP contribution in [0, 0.1) is 10.8 Å². The Kier molecular flexibility index (Phi) is 12.4. The third-order valence-corrected chi connectivity index (χ3v) is 10.3. The van der Waals surface area contributed by atoms with Gasteiger partial charge in [-0.1, -0.05) is 126 Å². The monoisotopic (exact) mass is 641 g/mol. The molecule has 260 valence electrons. The van der Waals surface area contributed by atoms with E-state index in [-0.39, 0.29) is 21.7 Å². The zero-order valence-electron chi connectivity index (χ0n) is 32.6. The molecule has 0 aliphatic rings. The smallest absolute Gasteiger partial charge is 0.121 e. The lowest BCUT2D eigenvalue weighted by Gasteiger charge is -2.40. The number of hydrogen-bond acceptors (Lipinski definition) is 3. The van der Waals surface area contributed by atoms with E-state index in [1.807, 2.05) is 0 Å². The largest absolute Gasteiger partial charge is 0.507 e. The lowest BCUT2D eigenvalue weighted by atomic mass is 9.81. The standard InChI is InChI=1S/C44H68N2O/c1-41(2,3)34-24-28-36(29-25-34)45(13)38(43(7,8)9)22-16-20-32-18-15-19-33(40(32)47)21-17-23-39(44(10,11)12)46(14)37-30-26-35(27-31-37)42(4,5)6/h15,18-19,24-31,38-39,47H,16-17,20-23H2,1-14H3. The molecule has 0 saturated carbocycles. The number of aryl methyl sites for hydroxylation is 2. The highest BCUT2D eigenvalue weighted by atomic mass is 16.3. The average Bonchev–Trinajstić information content (AvgIpc) is 2.96. The molecule has 0 aliphatic carbocycles. The molecule has 1 N–H and O–H groups in total. The van der Waals surface area contributed by atoms with Gasteiger partial charge in [0.1, 0.15) is 5.75 Å². The van der Waals surface area contributed by atoms with Gasteiger partial charge in [-0.25, -0.2) is 0 Å². The number of aromatic hydroxyl groups is 1. The van der Waals surface area contributed by atoms with Gasteiger partial charge in [0.2, 0.25) is 0 Å². The highest BCUT2D eigenvalue weighted by Crippen LogP contribution is 2.35. The number of phenolic OH excluding ortho intramolecular Hbond substituents is 1. The Morgan fingerprint density at radius 2 is 0.830 bits per heavy atom. The summed E-state index contributed by atoms with van der Waals surface area (Å²) in [6.45, 7) is 27.7. The van der Waals surface area contributed by atoms with E-state index in [4.69, 9.17) is 0 Å². The number of benzene rings is 3. The van der Waals surface area contributed by atoms with Gasteiger partial charge < -0.3 is 14.9 Å². The van der Waals surface area contributed by atoms with Gasteiger partial charge in [0.15, 0.2) is 0 Å². The minimum atomic E-state index is 0.132. The Bertz CT molecular complexity index is 1290. The van der Waals surface area contributed by atoms with Crippen molar-refractivity contribution in [3.8, 4) is 5.75 Å². The predicted molar refractivity (Wildman–Crippen MR) is 208 cm³/mol. The molecule has 0 radical (unpaired) electrons. The number of nitrogens with zero attached hydrogens (tertiary/aromatic N) is 2. The molecule has 3 heteroatoms. The number of anilines is 2. The van der Waals surface area contributed by atoms with Crippen molar-refractivity contribution in [1.82, 2.24) is 0 Å². The molecule has 2 atom stereocenters. The normalized spacial score (nSPS) is 14.2. The van der Waals surface area contributed by atoms with Crippen LogP contribution in [0.25, 0.3) is 0 Å². The van der Waals surface area contributed by atoms with E-state index in [0.717, 1.165) is 49.7 Å². The first-order valence-corrected chi connectivity index (χ1v) is 18.1. The number of rotatable bonds is 12. The molecule has 0 aromatic heterocycles. The Labute approximate surface area is 289 Å². The van der Waals surface area contributed by atoms with E-state index in [2.05, 4.69) is 174 Å². The molecule has 47 heavy (non-hydrogen) atoms. The van der Waals surface area contributed by atoms with Crippen molar-refractivity contribution in [2.75, 3.05) is 23.9 Å². The minimum absolute atomic E-state index is 0.132. The number of hydrogen-bond donors (Lipinski definition) is 1. The summed E-state index contributed by atoms with van der Waals surface area (Å²) in [6.07, 6.45) is 5.99. The third kappa shape index (κ3) is 10.5. The van der Waals surface area contributed by atoms with E-state index in [9.17, 15) is 5.11 Å². The van der Waals surface area contributed by atoms with Crippen molar-refractivity contribution < 1.29 is 5.11 Å². The summed E-state index contributed by atoms with van der Waals surface area (Å²) in [5.41, 5.74) is 7.99. The summed E-state index contributed by atoms with van der Waals surface area (Å²) in [7, 11) is 4.48. The van der Waals surface area contributed by atoms with Crippen LogP contribution in [0.2, 0.25) is 0 Å². The highest BCUT2D eigenvalue weighted by Gasteiger charge is 2.30. The van der Waals surface area contributed by atoms with Gasteiger partial charge in [0, 0.05) is 37.6 Å². The Hall–Kier alpha value is -2.94. The van der Waals surface area contributed by atoms with Gasteiger partial charge in [0.25, 0.3) is 0 Å². The summed E-state index contributed by atoms with van der Waals surface area (Å²) in [5, 5.41) is 11.4. The molecule has 0 heterocycles. The fourth-order valence-electron chi connectivity index (χ4n) is 7.19. The molecule has 0 bridgehead atoms. The van der Waals surface area contributed by atoms with Gasteiger partial charge in [-0.2, -0.15) is 0 Å². The molecule has 2 unspecified atom stereocenters. The number of phenols is 1. The molecule has 3 aromatic rings. The second kappa shape index (κ2) is 15.1. The Balaban J connectivity index is 1.64. The quantitative estimate of drug-likeness (QED) is 0.213. The van der Waals surface area contributed by atoms with E-state index < -0.39 is 0 Å². The first kappa shape index (κ1) is 38.5. The van der Waals surface area contributed by atoms with Crippen LogP contribution in [0.4, 0.5) is 11.4 Å². The summed E-state index contributed by atoms with van der Waals surface area (Å²) in [5.74, 6) is 0.504. The predicted octanol–water partition coefficient (Wildman–Crippen LogP) is 11.7. The van der Waals surface area contributed by atoms with Gasteiger partial charge in [-0.3, -0.25) is 0 Å². The number of para-hydroxylation sites is 1. The Morgan fingerprint density at radius 1 is 0.511 bits per heavy atom. The lowest BCUT2D eigenvalue weighted by molar-refractivity contribution is 0.291. The summed E-state index contributed by atoms with van der Waals surface area (Å²) in [4.78, 5) is 4.93. The molecule has 0 saturated heterocycles. The van der Waals surface area contributed by atoms with Crippen LogP contribution in [-0.4, -0.2) is 31.3 Å². The van der Waals surface area contributed by atoms with Crippen LogP contribution < -0.4 is 9.80 Å². The molecular formula is C44H68N2O. The fraction of sp³-hybridized carbons (Fsp3) is 0.591. The molecule has 3 nitrogen and oxygen atoms in total. The topological polar surface area (TPSA) is 26.7 Å². The SMILES string of the molecule is CN(c1ccc(C(C)(C)C)cc1)C(CCCc1cccc(CCCC(N(C)c2ccc(C(C)(C)C)cc2)C(C)(C)C)c1O)C(C)(C)C. The minimum Gasteiger partial charge on any atom is -0.507 e. The fourth-order valence-corrected chi connectivity index (χ4v) is 7.19. The first-order valence-electron chi connectivity index (χ1n) is 18.1. The molecule has 0 spiro atoms. The van der Waals surface area contributed by atoms with Gasteiger partial charge in [-0.15, -0.1) is 0 Å². The average molecular weight is 641 g/mol. The van der Waals surface area contributed by atoms with Crippen LogP contribution in [0.3, 0.4) is 0 Å². The van der Waals surface area contributed by atoms with Gasteiger partial charge >= 0.3 is 0 Å². The van der Waals surface area contributed by atoms with Crippen LogP contribution in [0.15, 0.2) is 66.7 Å². The van der Waals surface area contributed by atoms with Crippen molar-refractivity contribution in [2.24, 2.45) is 10.8 Å². The van der Waals surface area contributed by atoms with Crippen molar-refractivity contribution in [3.63, 3.8) is 0 Å². The molecule has 0 fully saturated rings. The second-order valence-electron chi connectivity index (χ2n) is 18.3. The zero-order valence-corrected chi connectivity index (χ0v) is 32.6. The summed E-state index contributed by atoms with van der Waals surface area (Å²) in [6, 6.07) is 25.4. The lowest BCUT2D eigenvalue weighted by Crippen LogP contribution is -2.42. The van der Waals surface area contributed by atoms with E-state index in [1.54, 1.807) is 0 Å². The first-order chi connectivity index (χ1) is 21.6. The highest BCUT2D eigenvalue weighted by molar-refractivity contribution is 5.50. The Morgan fingerprint density at radius 3 is 1.11 bits per heavy atom. The third-order valence-electron chi connectivity index (χ3n) is 10.3. The summed E-state index contributed by atoms with van der Waals surface area (Å²) < 4.78 is 0. The molecule has 0 amide bonds. The molecular weight excluding hydrogens is 572 g/mol.